The third kappa shape index (κ3) is 4.63. The third-order valence-electron chi connectivity index (χ3n) is 6.95. The van der Waals surface area contributed by atoms with E-state index >= 15 is 0 Å². The minimum atomic E-state index is -1.07. The van der Waals surface area contributed by atoms with Gasteiger partial charge in [0.05, 0.1) is 11.5 Å². The van der Waals surface area contributed by atoms with E-state index in [2.05, 4.69) is 22.8 Å². The molecule has 1 unspecified atom stereocenters. The van der Waals surface area contributed by atoms with E-state index in [1.54, 1.807) is 13.8 Å². The number of ether oxygens (including phenoxy) is 2. The van der Waals surface area contributed by atoms with Crippen molar-refractivity contribution in [1.82, 2.24) is 10.6 Å². The second-order valence-corrected chi connectivity index (χ2v) is 9.09. The summed E-state index contributed by atoms with van der Waals surface area (Å²) in [5.41, 5.74) is 3.47. The van der Waals surface area contributed by atoms with Gasteiger partial charge in [0, 0.05) is 19.1 Å². The van der Waals surface area contributed by atoms with Crippen molar-refractivity contribution in [2.75, 3.05) is 19.8 Å². The van der Waals surface area contributed by atoms with Gasteiger partial charge in [0.1, 0.15) is 6.61 Å². The summed E-state index contributed by atoms with van der Waals surface area (Å²) >= 11 is 0. The van der Waals surface area contributed by atoms with Gasteiger partial charge in [-0.15, -0.1) is 0 Å². The molecule has 8 nitrogen and oxygen atoms in total. The van der Waals surface area contributed by atoms with E-state index in [1.165, 1.54) is 0 Å². The molecule has 34 heavy (non-hydrogen) atoms. The Morgan fingerprint density at radius 1 is 1.09 bits per heavy atom. The first-order chi connectivity index (χ1) is 16.3. The van der Waals surface area contributed by atoms with E-state index in [0.717, 1.165) is 22.3 Å². The van der Waals surface area contributed by atoms with E-state index in [4.69, 9.17) is 9.47 Å². The van der Waals surface area contributed by atoms with Gasteiger partial charge in [0.25, 0.3) is 5.91 Å². The number of carbonyl (C=O) groups is 3. The zero-order valence-corrected chi connectivity index (χ0v) is 19.4. The topological polar surface area (TPSA) is 114 Å². The van der Waals surface area contributed by atoms with Crippen molar-refractivity contribution >= 4 is 18.0 Å². The number of carboxylic acids is 1. The average Bonchev–Trinajstić information content (AvgIpc) is 3.43. The molecule has 2 aromatic rings. The molecule has 0 radical (unpaired) electrons. The molecule has 1 fully saturated rings. The summed E-state index contributed by atoms with van der Waals surface area (Å²) < 4.78 is 11.1. The molecule has 1 aliphatic carbocycles. The predicted octanol–water partition coefficient (Wildman–Crippen LogP) is 3.30. The number of benzene rings is 2. The Bertz CT molecular complexity index is 1040. The maximum atomic E-state index is 12.6. The first kappa shape index (κ1) is 23.8. The van der Waals surface area contributed by atoms with Crippen molar-refractivity contribution in [3.63, 3.8) is 0 Å². The Labute approximate surface area is 198 Å². The Hall–Kier alpha value is -3.39. The summed E-state index contributed by atoms with van der Waals surface area (Å²) in [6.45, 7) is 3.81. The van der Waals surface area contributed by atoms with Crippen LogP contribution in [0.3, 0.4) is 0 Å². The van der Waals surface area contributed by atoms with Crippen LogP contribution in [0.25, 0.3) is 11.1 Å². The van der Waals surface area contributed by atoms with Crippen molar-refractivity contribution in [2.45, 2.75) is 44.8 Å². The number of hydrogen-bond acceptors (Lipinski definition) is 5. The molecular formula is C26H30N2O6. The van der Waals surface area contributed by atoms with Crippen LogP contribution in [0.2, 0.25) is 0 Å². The molecule has 2 aromatic carbocycles. The highest BCUT2D eigenvalue weighted by molar-refractivity contribution is 5.84. The molecule has 0 aromatic heterocycles. The maximum Gasteiger partial charge on any atom is 0.407 e. The van der Waals surface area contributed by atoms with Crippen LogP contribution < -0.4 is 10.6 Å². The van der Waals surface area contributed by atoms with Crippen LogP contribution in [0.4, 0.5) is 4.79 Å². The fraction of sp³-hybridized carbons (Fsp3) is 0.423. The van der Waals surface area contributed by atoms with Crippen molar-refractivity contribution in [1.29, 1.82) is 0 Å². The summed E-state index contributed by atoms with van der Waals surface area (Å²) in [6.07, 6.45) is -0.670. The van der Waals surface area contributed by atoms with Gasteiger partial charge in [-0.3, -0.25) is 9.59 Å². The number of carbonyl (C=O) groups excluding carboxylic acids is 2. The van der Waals surface area contributed by atoms with E-state index in [-0.39, 0.29) is 19.1 Å². The number of amides is 2. The van der Waals surface area contributed by atoms with Gasteiger partial charge < -0.3 is 25.2 Å². The molecule has 180 valence electrons. The Balaban J connectivity index is 1.34. The number of nitrogens with one attached hydrogen (secondary N) is 2. The lowest BCUT2D eigenvalue weighted by Crippen LogP contribution is -2.51. The molecule has 1 saturated heterocycles. The molecule has 2 amide bonds. The van der Waals surface area contributed by atoms with Crippen molar-refractivity contribution in [3.8, 4) is 11.1 Å². The molecule has 0 bridgehead atoms. The van der Waals surface area contributed by atoms with Gasteiger partial charge >= 0.3 is 12.1 Å². The largest absolute Gasteiger partial charge is 0.481 e. The SMILES string of the molecule is CCC(C)(CNC(=O)[C@H]1OCC[C@H]1NC(=O)OCC1c2ccccc2-c2ccccc21)C(=O)O. The highest BCUT2D eigenvalue weighted by Crippen LogP contribution is 2.44. The van der Waals surface area contributed by atoms with Crippen LogP contribution in [0.15, 0.2) is 48.5 Å². The maximum absolute atomic E-state index is 12.6. The summed E-state index contributed by atoms with van der Waals surface area (Å²) in [4.78, 5) is 36.7. The fourth-order valence-electron chi connectivity index (χ4n) is 4.52. The molecular weight excluding hydrogens is 436 g/mol. The molecule has 8 heteroatoms. The number of alkyl carbamates (subject to hydrolysis) is 1. The number of hydrogen-bond donors (Lipinski definition) is 3. The Morgan fingerprint density at radius 3 is 2.29 bits per heavy atom. The van der Waals surface area contributed by atoms with Crippen LogP contribution >= 0.6 is 0 Å². The quantitative estimate of drug-likeness (QED) is 0.550. The van der Waals surface area contributed by atoms with Crippen LogP contribution in [-0.4, -0.2) is 55.0 Å². The molecule has 3 atom stereocenters. The standard InChI is InChI=1S/C26H30N2O6/c1-3-26(2,24(30)31)15-27-23(29)22-21(12-13-33-22)28-25(32)34-14-20-18-10-6-4-8-16(18)17-9-5-7-11-19(17)20/h4-11,20-22H,3,12-15H2,1-2H3,(H,27,29)(H,28,32)(H,30,31)/t21-,22+,26?/m1/s1. The van der Waals surface area contributed by atoms with Crippen LogP contribution in [-0.2, 0) is 19.1 Å². The summed E-state index contributed by atoms with van der Waals surface area (Å²) in [6, 6.07) is 15.6. The highest BCUT2D eigenvalue weighted by Gasteiger charge is 2.38. The number of carboxylic acid groups (broad SMARTS) is 1. The van der Waals surface area contributed by atoms with Gasteiger partial charge in [-0.1, -0.05) is 55.5 Å². The van der Waals surface area contributed by atoms with E-state index in [1.807, 2.05) is 36.4 Å². The zero-order chi connectivity index (χ0) is 24.3. The first-order valence-electron chi connectivity index (χ1n) is 11.6. The normalized spacial score (nSPS) is 20.6. The number of fused-ring (bicyclic) bond motifs is 3. The average molecular weight is 467 g/mol. The molecule has 3 N–H and O–H groups in total. The highest BCUT2D eigenvalue weighted by atomic mass is 16.6. The monoisotopic (exact) mass is 466 g/mol. The fourth-order valence-corrected chi connectivity index (χ4v) is 4.52. The van der Waals surface area contributed by atoms with Crippen LogP contribution in [0, 0.1) is 5.41 Å². The minimum absolute atomic E-state index is 0.0187. The molecule has 0 spiro atoms. The minimum Gasteiger partial charge on any atom is -0.481 e. The lowest BCUT2D eigenvalue weighted by Gasteiger charge is -2.25. The molecule has 4 rings (SSSR count). The van der Waals surface area contributed by atoms with Gasteiger partial charge in [-0.25, -0.2) is 4.79 Å². The van der Waals surface area contributed by atoms with Gasteiger partial charge in [-0.2, -0.15) is 0 Å². The number of aliphatic carboxylic acids is 1. The second-order valence-electron chi connectivity index (χ2n) is 9.09. The Kier molecular flexibility index (Phi) is 6.88. The van der Waals surface area contributed by atoms with Crippen molar-refractivity contribution in [2.24, 2.45) is 5.41 Å². The lowest BCUT2D eigenvalue weighted by atomic mass is 9.87. The summed E-state index contributed by atoms with van der Waals surface area (Å²) in [5.74, 6) is -1.47. The van der Waals surface area contributed by atoms with E-state index in [0.29, 0.717) is 19.4 Å². The van der Waals surface area contributed by atoms with Crippen molar-refractivity contribution in [3.05, 3.63) is 59.7 Å². The van der Waals surface area contributed by atoms with Gasteiger partial charge in [-0.05, 0) is 42.0 Å². The third-order valence-corrected chi connectivity index (χ3v) is 6.95. The zero-order valence-electron chi connectivity index (χ0n) is 19.4. The first-order valence-corrected chi connectivity index (χ1v) is 11.6. The smallest absolute Gasteiger partial charge is 0.407 e. The molecule has 1 heterocycles. The number of rotatable bonds is 8. The van der Waals surface area contributed by atoms with Crippen molar-refractivity contribution < 1.29 is 29.0 Å². The predicted molar refractivity (Wildman–Crippen MR) is 125 cm³/mol. The molecule has 0 saturated carbocycles. The van der Waals surface area contributed by atoms with E-state index < -0.39 is 35.5 Å². The second kappa shape index (κ2) is 9.85. The molecule has 2 aliphatic rings. The lowest BCUT2D eigenvalue weighted by molar-refractivity contribution is -0.148. The Morgan fingerprint density at radius 2 is 1.71 bits per heavy atom. The van der Waals surface area contributed by atoms with E-state index in [9.17, 15) is 19.5 Å². The van der Waals surface area contributed by atoms with Gasteiger partial charge in [0.15, 0.2) is 6.10 Å². The molecule has 1 aliphatic heterocycles. The summed E-state index contributed by atoms with van der Waals surface area (Å²) in [5, 5.41) is 14.8. The summed E-state index contributed by atoms with van der Waals surface area (Å²) in [7, 11) is 0. The van der Waals surface area contributed by atoms with Crippen LogP contribution in [0.1, 0.15) is 43.7 Å². The van der Waals surface area contributed by atoms with Crippen LogP contribution in [0.5, 0.6) is 0 Å². The van der Waals surface area contributed by atoms with Gasteiger partial charge in [0.2, 0.25) is 0 Å².